The Morgan fingerprint density at radius 3 is 2.61 bits per heavy atom. The van der Waals surface area contributed by atoms with E-state index in [-0.39, 0.29) is 11.4 Å². The van der Waals surface area contributed by atoms with Crippen LogP contribution < -0.4 is 15.0 Å². The highest BCUT2D eigenvalue weighted by Gasteiger charge is 2.17. The number of benzene rings is 3. The largest absolute Gasteiger partial charge is 0.493 e. The van der Waals surface area contributed by atoms with Crippen molar-refractivity contribution in [2.75, 3.05) is 14.2 Å². The summed E-state index contributed by atoms with van der Waals surface area (Å²) in [5, 5.41) is 6.23. The van der Waals surface area contributed by atoms with Gasteiger partial charge in [-0.3, -0.25) is 4.79 Å². The molecule has 0 amide bonds. The van der Waals surface area contributed by atoms with Gasteiger partial charge >= 0.3 is 0 Å². The van der Waals surface area contributed by atoms with E-state index in [1.54, 1.807) is 30.3 Å². The summed E-state index contributed by atoms with van der Waals surface area (Å²) in [7, 11) is 3.04. The zero-order valence-electron chi connectivity index (χ0n) is 17.8. The van der Waals surface area contributed by atoms with Crippen LogP contribution >= 0.6 is 11.6 Å². The maximum atomic E-state index is 13.4. The van der Waals surface area contributed by atoms with E-state index in [0.29, 0.717) is 44.3 Å². The van der Waals surface area contributed by atoms with Crippen LogP contribution in [0.1, 0.15) is 5.56 Å². The monoisotopic (exact) mass is 459 g/mol. The van der Waals surface area contributed by atoms with Gasteiger partial charge in [-0.05, 0) is 30.3 Å². The number of methoxy groups -OCH3 is 2. The maximum Gasteiger partial charge on any atom is 0.282 e. The van der Waals surface area contributed by atoms with E-state index in [4.69, 9.17) is 25.5 Å². The molecule has 0 aliphatic heterocycles. The smallest absolute Gasteiger partial charge is 0.282 e. The van der Waals surface area contributed by atoms with E-state index in [9.17, 15) is 4.79 Å². The van der Waals surface area contributed by atoms with Gasteiger partial charge in [0.05, 0.1) is 31.3 Å². The lowest BCUT2D eigenvalue weighted by atomic mass is 10.2. The second kappa shape index (κ2) is 8.44. The van der Waals surface area contributed by atoms with Crippen molar-refractivity contribution in [1.82, 2.24) is 9.66 Å². The summed E-state index contributed by atoms with van der Waals surface area (Å²) in [4.78, 5) is 18.1. The number of ether oxygens (including phenoxy) is 2. The van der Waals surface area contributed by atoms with Crippen molar-refractivity contribution in [3.63, 3.8) is 0 Å². The van der Waals surface area contributed by atoms with E-state index in [0.717, 1.165) is 5.39 Å². The first-order valence-electron chi connectivity index (χ1n) is 10.1. The van der Waals surface area contributed by atoms with Gasteiger partial charge in [0.2, 0.25) is 5.82 Å². The molecule has 0 atom stereocenters. The Morgan fingerprint density at radius 2 is 1.82 bits per heavy atom. The number of halogens is 1. The maximum absolute atomic E-state index is 13.4. The Balaban J connectivity index is 1.74. The zero-order valence-corrected chi connectivity index (χ0v) is 18.5. The molecule has 164 valence electrons. The fourth-order valence-electron chi connectivity index (χ4n) is 3.66. The molecule has 0 N–H and O–H groups in total. The lowest BCUT2D eigenvalue weighted by Gasteiger charge is -2.11. The van der Waals surface area contributed by atoms with Crippen molar-refractivity contribution in [2.45, 2.75) is 0 Å². The topological polar surface area (TPSA) is 78.9 Å². The number of para-hydroxylation sites is 2. The molecule has 33 heavy (non-hydrogen) atoms. The Kier molecular flexibility index (Phi) is 5.32. The summed E-state index contributed by atoms with van der Waals surface area (Å²) >= 11 is 6.23. The Labute approximate surface area is 193 Å². The number of hydrogen-bond donors (Lipinski definition) is 0. The van der Waals surface area contributed by atoms with Gasteiger partial charge in [0, 0.05) is 22.0 Å². The molecule has 7 nitrogen and oxygen atoms in total. The van der Waals surface area contributed by atoms with Gasteiger partial charge in [0.25, 0.3) is 5.56 Å². The van der Waals surface area contributed by atoms with Crippen LogP contribution in [0.5, 0.6) is 11.5 Å². The van der Waals surface area contributed by atoms with Crippen molar-refractivity contribution in [3.8, 4) is 23.1 Å². The third kappa shape index (κ3) is 3.72. The molecular formula is C25H18ClN3O4. The zero-order chi connectivity index (χ0) is 22.9. The Hall–Kier alpha value is -4.10. The lowest BCUT2D eigenvalue weighted by molar-refractivity contribution is 0.354. The molecule has 2 aromatic heterocycles. The van der Waals surface area contributed by atoms with Gasteiger partial charge < -0.3 is 13.9 Å². The number of rotatable bonds is 5. The van der Waals surface area contributed by atoms with Crippen LogP contribution in [0.4, 0.5) is 0 Å². The molecule has 0 radical (unpaired) electrons. The highest BCUT2D eigenvalue weighted by atomic mass is 35.5. The molecule has 0 spiro atoms. The van der Waals surface area contributed by atoms with E-state index < -0.39 is 0 Å². The third-order valence-electron chi connectivity index (χ3n) is 5.18. The predicted molar refractivity (Wildman–Crippen MR) is 129 cm³/mol. The van der Waals surface area contributed by atoms with Gasteiger partial charge in [0.15, 0.2) is 17.3 Å². The molecule has 3 aromatic carbocycles. The number of aromatic nitrogens is 2. The fourth-order valence-corrected chi connectivity index (χ4v) is 3.87. The highest BCUT2D eigenvalue weighted by Crippen LogP contribution is 2.33. The highest BCUT2D eigenvalue weighted by molar-refractivity contribution is 6.31. The van der Waals surface area contributed by atoms with Gasteiger partial charge in [-0.1, -0.05) is 41.9 Å². The Morgan fingerprint density at radius 1 is 1.03 bits per heavy atom. The van der Waals surface area contributed by atoms with Gasteiger partial charge in [-0.15, -0.1) is 0 Å². The van der Waals surface area contributed by atoms with Crippen LogP contribution in [0.3, 0.4) is 0 Å². The average molecular weight is 460 g/mol. The molecule has 2 heterocycles. The normalized spacial score (nSPS) is 11.5. The summed E-state index contributed by atoms with van der Waals surface area (Å²) in [6.45, 7) is 0. The van der Waals surface area contributed by atoms with E-state index in [1.165, 1.54) is 25.1 Å². The fraction of sp³-hybridized carbons (Fsp3) is 0.0800. The van der Waals surface area contributed by atoms with Crippen LogP contribution in [-0.2, 0) is 0 Å². The van der Waals surface area contributed by atoms with Crippen molar-refractivity contribution >= 4 is 39.7 Å². The first-order chi connectivity index (χ1) is 16.1. The summed E-state index contributed by atoms with van der Waals surface area (Å²) in [6, 6.07) is 19.8. The standard InChI is InChI=1S/C25H18ClN3O4/c1-31-21-13-17(26)11-16(23(21)32-2)14-27-29-24(22-12-15-7-3-6-10-20(15)33-22)28-19-9-5-4-8-18(19)25(29)30/h3-14H,1-2H3. The van der Waals surface area contributed by atoms with Crippen molar-refractivity contribution in [3.05, 3.63) is 87.7 Å². The van der Waals surface area contributed by atoms with Crippen molar-refractivity contribution < 1.29 is 13.9 Å². The minimum absolute atomic E-state index is 0.277. The molecular weight excluding hydrogens is 442 g/mol. The molecule has 5 rings (SSSR count). The first kappa shape index (κ1) is 20.8. The second-order valence-corrected chi connectivity index (χ2v) is 7.63. The van der Waals surface area contributed by atoms with E-state index in [1.807, 2.05) is 36.4 Å². The van der Waals surface area contributed by atoms with Crippen molar-refractivity contribution in [2.24, 2.45) is 5.10 Å². The number of furan rings is 1. The molecule has 0 saturated carbocycles. The predicted octanol–water partition coefficient (Wildman–Crippen LogP) is 5.36. The summed E-state index contributed by atoms with van der Waals surface area (Å²) in [5.41, 5.74) is 1.44. The molecule has 0 unspecified atom stereocenters. The van der Waals surface area contributed by atoms with Crippen molar-refractivity contribution in [1.29, 1.82) is 0 Å². The third-order valence-corrected chi connectivity index (χ3v) is 5.40. The number of fused-ring (bicyclic) bond motifs is 2. The molecule has 0 bridgehead atoms. The van der Waals surface area contributed by atoms with Crippen LogP contribution in [-0.4, -0.2) is 30.1 Å². The van der Waals surface area contributed by atoms with E-state index >= 15 is 0 Å². The van der Waals surface area contributed by atoms with Crippen LogP contribution in [0, 0.1) is 0 Å². The van der Waals surface area contributed by atoms with Crippen LogP contribution in [0.2, 0.25) is 5.02 Å². The molecule has 0 fully saturated rings. The average Bonchev–Trinajstić information content (AvgIpc) is 3.27. The number of nitrogens with zero attached hydrogens (tertiary/aromatic N) is 3. The SMILES string of the molecule is COc1cc(Cl)cc(C=Nn2c(-c3cc4ccccc4o3)nc3ccccc3c2=O)c1OC. The minimum Gasteiger partial charge on any atom is -0.493 e. The molecule has 8 heteroatoms. The van der Waals surface area contributed by atoms with Crippen LogP contribution in [0.15, 0.2) is 81.0 Å². The molecule has 5 aromatic rings. The second-order valence-electron chi connectivity index (χ2n) is 7.19. The number of hydrogen-bond acceptors (Lipinski definition) is 6. The molecule has 0 aliphatic rings. The van der Waals surface area contributed by atoms with Gasteiger partial charge in [0.1, 0.15) is 5.58 Å². The van der Waals surface area contributed by atoms with E-state index in [2.05, 4.69) is 10.1 Å². The quantitative estimate of drug-likeness (QED) is 0.330. The summed E-state index contributed by atoms with van der Waals surface area (Å²) < 4.78 is 18.0. The minimum atomic E-state index is -0.333. The molecule has 0 saturated heterocycles. The van der Waals surface area contributed by atoms with Gasteiger partial charge in [-0.25, -0.2) is 4.98 Å². The lowest BCUT2D eigenvalue weighted by Crippen LogP contribution is -2.20. The Bertz CT molecular complexity index is 1550. The summed E-state index contributed by atoms with van der Waals surface area (Å²) in [6.07, 6.45) is 1.48. The van der Waals surface area contributed by atoms with Gasteiger partial charge in [-0.2, -0.15) is 9.78 Å². The first-order valence-corrected chi connectivity index (χ1v) is 10.4. The summed E-state index contributed by atoms with van der Waals surface area (Å²) in [5.74, 6) is 1.59. The van der Waals surface area contributed by atoms with Crippen LogP contribution in [0.25, 0.3) is 33.5 Å². The molecule has 0 aliphatic carbocycles.